The third-order valence-electron chi connectivity index (χ3n) is 4.48. The van der Waals surface area contributed by atoms with E-state index in [4.69, 9.17) is 11.6 Å². The highest BCUT2D eigenvalue weighted by molar-refractivity contribution is 6.32. The Morgan fingerprint density at radius 1 is 1.43 bits per heavy atom. The first-order valence-corrected chi connectivity index (χ1v) is 8.27. The lowest BCUT2D eigenvalue weighted by Crippen LogP contribution is -2.50. The summed E-state index contributed by atoms with van der Waals surface area (Å²) in [6.45, 7) is 5.88. The number of carbonyl (C=O) groups is 1. The molecule has 2 atom stereocenters. The first kappa shape index (κ1) is 16.0. The van der Waals surface area contributed by atoms with Crippen molar-refractivity contribution in [1.82, 2.24) is 20.4 Å². The molecule has 0 spiro atoms. The van der Waals surface area contributed by atoms with Crippen molar-refractivity contribution in [2.24, 2.45) is 5.92 Å². The van der Waals surface area contributed by atoms with Crippen LogP contribution in [0.5, 0.6) is 0 Å². The van der Waals surface area contributed by atoms with Gasteiger partial charge in [0.2, 0.25) is 0 Å². The fourth-order valence-corrected chi connectivity index (χ4v) is 3.14. The molecule has 2 heterocycles. The van der Waals surface area contributed by atoms with E-state index in [0.29, 0.717) is 16.5 Å². The lowest BCUT2D eigenvalue weighted by atomic mass is 9.94. The molecule has 1 saturated heterocycles. The Kier molecular flexibility index (Phi) is 4.68. The van der Waals surface area contributed by atoms with Gasteiger partial charge in [0.25, 0.3) is 5.91 Å². The molecule has 0 saturated carbocycles. The number of hydrogen-bond donors (Lipinski definition) is 2. The average molecular weight is 333 g/mol. The number of benzene rings is 1. The van der Waals surface area contributed by atoms with Crippen molar-refractivity contribution in [3.63, 3.8) is 0 Å². The van der Waals surface area contributed by atoms with Crippen LogP contribution in [0, 0.1) is 12.8 Å². The number of rotatable bonds is 3. The zero-order valence-corrected chi connectivity index (χ0v) is 14.1. The fourth-order valence-electron chi connectivity index (χ4n) is 2.93. The van der Waals surface area contributed by atoms with Gasteiger partial charge in [0.05, 0.1) is 28.2 Å². The van der Waals surface area contributed by atoms with Gasteiger partial charge in [-0.25, -0.2) is 4.68 Å². The Morgan fingerprint density at radius 3 is 2.96 bits per heavy atom. The third kappa shape index (κ3) is 3.26. The highest BCUT2D eigenvalue weighted by Crippen LogP contribution is 2.22. The molecule has 2 N–H and O–H groups in total. The SMILES string of the molecule is Cc1c(C(=O)NC2CNCCC2C)cnn1-c1ccccc1Cl. The molecular weight excluding hydrogens is 312 g/mol. The van der Waals surface area contributed by atoms with Crippen LogP contribution in [0.4, 0.5) is 0 Å². The number of nitrogens with zero attached hydrogens (tertiary/aromatic N) is 2. The first-order chi connectivity index (χ1) is 11.1. The molecular formula is C17H21ClN4O. The van der Waals surface area contributed by atoms with Crippen LogP contribution >= 0.6 is 11.6 Å². The maximum atomic E-state index is 12.6. The summed E-state index contributed by atoms with van der Waals surface area (Å²) in [7, 11) is 0. The molecule has 1 aromatic heterocycles. The van der Waals surface area contributed by atoms with Crippen molar-refractivity contribution in [2.75, 3.05) is 13.1 Å². The lowest BCUT2D eigenvalue weighted by Gasteiger charge is -2.30. The summed E-state index contributed by atoms with van der Waals surface area (Å²) in [6, 6.07) is 7.62. The second-order valence-electron chi connectivity index (χ2n) is 6.06. The maximum absolute atomic E-state index is 12.6. The Bertz CT molecular complexity index is 712. The lowest BCUT2D eigenvalue weighted by molar-refractivity contribution is 0.0914. The van der Waals surface area contributed by atoms with Crippen molar-refractivity contribution in [3.05, 3.63) is 46.7 Å². The van der Waals surface area contributed by atoms with Gasteiger partial charge in [0, 0.05) is 12.6 Å². The highest BCUT2D eigenvalue weighted by Gasteiger charge is 2.25. The van der Waals surface area contributed by atoms with Gasteiger partial charge >= 0.3 is 0 Å². The molecule has 1 fully saturated rings. The van der Waals surface area contributed by atoms with Crippen molar-refractivity contribution in [3.8, 4) is 5.69 Å². The quantitative estimate of drug-likeness (QED) is 0.908. The van der Waals surface area contributed by atoms with E-state index in [1.54, 1.807) is 10.9 Å². The zero-order valence-electron chi connectivity index (χ0n) is 13.3. The summed E-state index contributed by atoms with van der Waals surface area (Å²) >= 11 is 6.22. The number of amides is 1. The molecule has 1 aromatic carbocycles. The van der Waals surface area contributed by atoms with E-state index in [2.05, 4.69) is 22.7 Å². The Labute approximate surface area is 141 Å². The van der Waals surface area contributed by atoms with Gasteiger partial charge in [0.1, 0.15) is 0 Å². The van der Waals surface area contributed by atoms with Gasteiger partial charge < -0.3 is 10.6 Å². The molecule has 122 valence electrons. The van der Waals surface area contributed by atoms with E-state index >= 15 is 0 Å². The van der Waals surface area contributed by atoms with Crippen LogP contribution in [0.3, 0.4) is 0 Å². The smallest absolute Gasteiger partial charge is 0.255 e. The number of piperidine rings is 1. The Morgan fingerprint density at radius 2 is 2.22 bits per heavy atom. The van der Waals surface area contributed by atoms with E-state index in [-0.39, 0.29) is 11.9 Å². The number of para-hydroxylation sites is 1. The third-order valence-corrected chi connectivity index (χ3v) is 4.80. The maximum Gasteiger partial charge on any atom is 0.255 e. The predicted octanol–water partition coefficient (Wildman–Crippen LogP) is 2.56. The zero-order chi connectivity index (χ0) is 16.4. The standard InChI is InChI=1S/C17H21ClN4O/c1-11-7-8-19-10-15(11)21-17(23)13-9-20-22(12(13)2)16-6-4-3-5-14(16)18/h3-6,9,11,15,19H,7-8,10H2,1-2H3,(H,21,23). The molecule has 0 aliphatic carbocycles. The van der Waals surface area contributed by atoms with Gasteiger partial charge in [-0.3, -0.25) is 4.79 Å². The normalized spacial score (nSPS) is 21.2. The van der Waals surface area contributed by atoms with E-state index < -0.39 is 0 Å². The summed E-state index contributed by atoms with van der Waals surface area (Å²) in [6.07, 6.45) is 2.68. The second kappa shape index (κ2) is 6.72. The van der Waals surface area contributed by atoms with Gasteiger partial charge in [-0.05, 0) is 37.9 Å². The molecule has 2 unspecified atom stereocenters. The summed E-state index contributed by atoms with van der Waals surface area (Å²) in [4.78, 5) is 12.6. The molecule has 1 aliphatic rings. The molecule has 1 amide bonds. The fraction of sp³-hybridized carbons (Fsp3) is 0.412. The van der Waals surface area contributed by atoms with Gasteiger partial charge in [-0.2, -0.15) is 5.10 Å². The Balaban J connectivity index is 1.81. The van der Waals surface area contributed by atoms with Gasteiger partial charge in [-0.1, -0.05) is 30.7 Å². The minimum absolute atomic E-state index is 0.0821. The van der Waals surface area contributed by atoms with Crippen LogP contribution in [0.25, 0.3) is 5.69 Å². The van der Waals surface area contributed by atoms with Crippen LogP contribution in [-0.2, 0) is 0 Å². The summed E-state index contributed by atoms with van der Waals surface area (Å²) < 4.78 is 1.71. The monoisotopic (exact) mass is 332 g/mol. The summed E-state index contributed by atoms with van der Waals surface area (Å²) in [5.41, 5.74) is 2.15. The number of aromatic nitrogens is 2. The largest absolute Gasteiger partial charge is 0.348 e. The average Bonchev–Trinajstić information content (AvgIpc) is 2.92. The van der Waals surface area contributed by atoms with E-state index in [9.17, 15) is 4.79 Å². The van der Waals surface area contributed by atoms with E-state index in [0.717, 1.165) is 30.9 Å². The number of carbonyl (C=O) groups excluding carboxylic acids is 1. The van der Waals surface area contributed by atoms with E-state index in [1.165, 1.54) is 0 Å². The molecule has 6 heteroatoms. The van der Waals surface area contributed by atoms with Crippen LogP contribution in [0.15, 0.2) is 30.5 Å². The van der Waals surface area contributed by atoms with Crippen LogP contribution in [-0.4, -0.2) is 34.8 Å². The molecule has 5 nitrogen and oxygen atoms in total. The van der Waals surface area contributed by atoms with Gasteiger partial charge in [0.15, 0.2) is 0 Å². The van der Waals surface area contributed by atoms with Crippen molar-refractivity contribution >= 4 is 17.5 Å². The summed E-state index contributed by atoms with van der Waals surface area (Å²) in [5, 5.41) is 11.4. The van der Waals surface area contributed by atoms with Crippen LogP contribution < -0.4 is 10.6 Å². The second-order valence-corrected chi connectivity index (χ2v) is 6.46. The van der Waals surface area contributed by atoms with E-state index in [1.807, 2.05) is 31.2 Å². The molecule has 23 heavy (non-hydrogen) atoms. The highest BCUT2D eigenvalue weighted by atomic mass is 35.5. The number of halogens is 1. The molecule has 0 radical (unpaired) electrons. The molecule has 0 bridgehead atoms. The summed E-state index contributed by atoms with van der Waals surface area (Å²) in [5.74, 6) is 0.389. The van der Waals surface area contributed by atoms with Gasteiger partial charge in [-0.15, -0.1) is 0 Å². The molecule has 2 aromatic rings. The van der Waals surface area contributed by atoms with Crippen molar-refractivity contribution in [2.45, 2.75) is 26.3 Å². The Hall–Kier alpha value is -1.85. The minimum atomic E-state index is -0.0821. The van der Waals surface area contributed by atoms with Crippen LogP contribution in [0.1, 0.15) is 29.4 Å². The molecule has 1 aliphatic heterocycles. The van der Waals surface area contributed by atoms with Crippen molar-refractivity contribution in [1.29, 1.82) is 0 Å². The van der Waals surface area contributed by atoms with Crippen LogP contribution in [0.2, 0.25) is 5.02 Å². The minimum Gasteiger partial charge on any atom is -0.348 e. The topological polar surface area (TPSA) is 59.0 Å². The number of hydrogen-bond acceptors (Lipinski definition) is 3. The van der Waals surface area contributed by atoms with Crippen molar-refractivity contribution < 1.29 is 4.79 Å². The molecule has 3 rings (SSSR count). The first-order valence-electron chi connectivity index (χ1n) is 7.89. The predicted molar refractivity (Wildman–Crippen MR) is 91.2 cm³/mol. The number of nitrogens with one attached hydrogen (secondary N) is 2.